The molecule has 1 amide bonds. The first-order valence-corrected chi connectivity index (χ1v) is 41.3. The number of benzene rings is 3. The number of methoxy groups -OCH3 is 1. The number of carbonyl (C=O) groups is 1. The molecule has 1 saturated carbocycles. The number of amides is 1. The van der Waals surface area contributed by atoms with Gasteiger partial charge in [0.15, 0.2) is 0 Å². The molecule has 0 bridgehead atoms. The molecule has 0 spiro atoms. The summed E-state index contributed by atoms with van der Waals surface area (Å²) in [6.07, 6.45) is 27.1. The minimum atomic E-state index is -0.266. The fourth-order valence-corrected chi connectivity index (χ4v) is 8.17. The largest absolute Gasteiger partial charge is 0.497 e. The number of ether oxygens (including phenoxy) is 1. The van der Waals surface area contributed by atoms with Gasteiger partial charge >= 0.3 is 0 Å². The van der Waals surface area contributed by atoms with Crippen molar-refractivity contribution in [3.63, 3.8) is 0 Å². The SMILES string of the molecule is C.C.CC(C)(C)C.CC(C)(C)C#CCC(C)(C)C.CC(C)(C)CC1CCCCC1.CC(C)(C)CCNC(=O)C(C)(C)C.CC(C)(C)CCc1ccccc1.CC(C)(C)Cc1ccccc1.CCC.CCC.CCC(C)(C)C.CCCC.CCCC(C)(C)C.COc1ccc(C(C)(C)C)cc1.c1ccncc1. The van der Waals surface area contributed by atoms with Crippen LogP contribution in [0.5, 0.6) is 5.75 Å². The van der Waals surface area contributed by atoms with E-state index in [0.29, 0.717) is 43.3 Å². The lowest BCUT2D eigenvalue weighted by Gasteiger charge is -2.28. The van der Waals surface area contributed by atoms with Gasteiger partial charge in [0.2, 0.25) is 5.91 Å². The second-order valence-electron chi connectivity index (χ2n) is 41.8. The molecule has 0 aliphatic heterocycles. The van der Waals surface area contributed by atoms with Crippen LogP contribution in [-0.2, 0) is 23.1 Å². The van der Waals surface area contributed by atoms with Gasteiger partial charge in [-0.05, 0) is 155 Å². The molecule has 106 heavy (non-hydrogen) atoms. The predicted octanol–water partition coefficient (Wildman–Crippen LogP) is 34.3. The standard InChI is InChI=1S/C12H18.C11H23NO.C11H16O.C11H22.C11H16.C11H20.C7H16.C6H14.C5H5N.C5H12.C4H10.2C3H8.2CH4/c1-12(2,3)10-9-11-7-5-4-6-8-11;1-10(2,3)7-8-12-9(13)11(4,5)6;1-11(2,3)9-5-7-10(12-4)8-6-9;2*1-11(2,3)9-10-7-5-4-6-8-10;1-10(2,3)8-7-9-11(4,5)6;1-5-6-7(2,3)4;1-5-6(2,3)4;1-2-4-6-5-3-1;1-5(2,3)4;1-3-4-2;2*1-3-2;;/h4-8H,9-10H2,1-3H3;7-8H2,1-6H3,(H,12,13);5-8H,1-4H3;10H,4-9H2,1-3H3;4-8H,9H2,1-3H3;8H2,1-6H3;5-6H2,1-4H3;5H2,1-4H3;1-5H;1-4H3;3-4H2,1-2H3;2*3H2,1-2H3;2*1H4. The van der Waals surface area contributed by atoms with E-state index in [2.05, 4.69) is 365 Å². The summed E-state index contributed by atoms with van der Waals surface area (Å²) >= 11 is 0. The smallest absolute Gasteiger partial charge is 0.225 e. The molecule has 626 valence electrons. The minimum Gasteiger partial charge on any atom is -0.497 e. The molecule has 4 heteroatoms. The average Bonchev–Trinajstić information content (AvgIpc) is 0.862. The van der Waals surface area contributed by atoms with E-state index in [-0.39, 0.29) is 37.0 Å². The number of pyridine rings is 1. The summed E-state index contributed by atoms with van der Waals surface area (Å²) in [6.45, 7) is 93.1. The molecular formula is C102H196N2O2. The van der Waals surface area contributed by atoms with Gasteiger partial charge in [0.1, 0.15) is 5.75 Å². The number of hydrogen-bond donors (Lipinski definition) is 1. The second kappa shape index (κ2) is 66.4. The number of hydrogen-bond acceptors (Lipinski definition) is 3. The molecule has 1 aliphatic carbocycles. The van der Waals surface area contributed by atoms with Crippen LogP contribution in [0.3, 0.4) is 0 Å². The van der Waals surface area contributed by atoms with E-state index in [0.717, 1.165) is 37.5 Å². The molecule has 1 fully saturated rings. The summed E-state index contributed by atoms with van der Waals surface area (Å²) in [5.74, 6) is 8.54. The molecule has 0 radical (unpaired) electrons. The molecule has 5 rings (SSSR count). The number of aryl methyl sites for hydroxylation is 1. The summed E-state index contributed by atoms with van der Waals surface area (Å²) in [7, 11) is 1.69. The highest BCUT2D eigenvalue weighted by Gasteiger charge is 2.22. The first kappa shape index (κ1) is 123. The van der Waals surface area contributed by atoms with Gasteiger partial charge in [0, 0.05) is 36.2 Å². The van der Waals surface area contributed by atoms with Crippen molar-refractivity contribution in [2.45, 2.75) is 427 Å². The number of nitrogens with one attached hydrogen (secondary N) is 1. The second-order valence-corrected chi connectivity index (χ2v) is 41.8. The van der Waals surface area contributed by atoms with Crippen molar-refractivity contribution in [3.8, 4) is 17.6 Å². The monoisotopic (exact) mass is 1480 g/mol. The van der Waals surface area contributed by atoms with Gasteiger partial charge in [-0.2, -0.15) is 0 Å². The van der Waals surface area contributed by atoms with Crippen molar-refractivity contribution in [2.24, 2.45) is 60.1 Å². The molecule has 1 aromatic heterocycles. The van der Waals surface area contributed by atoms with Crippen LogP contribution in [0, 0.1) is 71.9 Å². The maximum Gasteiger partial charge on any atom is 0.225 e. The number of unbranched alkanes of at least 4 members (excludes halogenated alkanes) is 1. The Labute approximate surface area is 672 Å². The van der Waals surface area contributed by atoms with Gasteiger partial charge in [-0.25, -0.2) is 0 Å². The lowest BCUT2D eigenvalue weighted by Crippen LogP contribution is -2.36. The zero-order valence-corrected chi connectivity index (χ0v) is 78.7. The van der Waals surface area contributed by atoms with E-state index in [1.807, 2.05) is 51.1 Å². The molecule has 0 atom stereocenters. The Morgan fingerprint density at radius 2 is 0.811 bits per heavy atom. The molecule has 3 aromatic carbocycles. The fraction of sp³-hybridized carbons (Fsp3) is 0.745. The number of rotatable bonds is 9. The lowest BCUT2D eigenvalue weighted by atomic mass is 9.78. The van der Waals surface area contributed by atoms with E-state index < -0.39 is 0 Å². The van der Waals surface area contributed by atoms with Crippen LogP contribution in [0.2, 0.25) is 0 Å². The molecule has 4 aromatic rings. The van der Waals surface area contributed by atoms with Gasteiger partial charge in [0.25, 0.3) is 0 Å². The third kappa shape index (κ3) is 123. The Kier molecular flexibility index (Phi) is 76.8. The average molecular weight is 1480 g/mol. The minimum absolute atomic E-state index is 0. The summed E-state index contributed by atoms with van der Waals surface area (Å²) in [5, 5.41) is 2.94. The Bertz CT molecular complexity index is 2440. The fourth-order valence-electron chi connectivity index (χ4n) is 8.17. The number of aromatic nitrogens is 1. The van der Waals surface area contributed by atoms with E-state index in [9.17, 15) is 4.79 Å². The molecule has 0 unspecified atom stereocenters. The maximum atomic E-state index is 11.4. The van der Waals surface area contributed by atoms with Crippen molar-refractivity contribution in [2.75, 3.05) is 13.7 Å². The van der Waals surface area contributed by atoms with Crippen LogP contribution < -0.4 is 10.1 Å². The van der Waals surface area contributed by atoms with Crippen LogP contribution in [0.4, 0.5) is 0 Å². The van der Waals surface area contributed by atoms with Crippen LogP contribution in [0.15, 0.2) is 116 Å². The van der Waals surface area contributed by atoms with Crippen LogP contribution in [-0.4, -0.2) is 24.5 Å². The predicted molar refractivity (Wildman–Crippen MR) is 493 cm³/mol. The van der Waals surface area contributed by atoms with E-state index >= 15 is 0 Å². The Hall–Kier alpha value is -4.36. The Morgan fingerprint density at radius 3 is 1.06 bits per heavy atom. The molecule has 1 aliphatic rings. The summed E-state index contributed by atoms with van der Waals surface area (Å²) < 4.78 is 5.08. The highest BCUT2D eigenvalue weighted by atomic mass is 16.5. The van der Waals surface area contributed by atoms with Crippen molar-refractivity contribution in [1.29, 1.82) is 0 Å². The molecule has 1 heterocycles. The van der Waals surface area contributed by atoms with Gasteiger partial charge < -0.3 is 10.1 Å². The Balaban J connectivity index is -0.000000120. The van der Waals surface area contributed by atoms with Gasteiger partial charge in [-0.3, -0.25) is 9.78 Å². The van der Waals surface area contributed by atoms with Crippen molar-refractivity contribution >= 4 is 5.91 Å². The summed E-state index contributed by atoms with van der Waals surface area (Å²) in [4.78, 5) is 15.2. The maximum absolute atomic E-state index is 11.4. The van der Waals surface area contributed by atoms with E-state index in [1.54, 1.807) is 19.5 Å². The summed E-state index contributed by atoms with van der Waals surface area (Å²) in [6, 6.07) is 35.3. The Morgan fingerprint density at radius 1 is 0.443 bits per heavy atom. The van der Waals surface area contributed by atoms with Crippen molar-refractivity contribution in [1.82, 2.24) is 10.3 Å². The molecule has 0 saturated heterocycles. The first-order valence-electron chi connectivity index (χ1n) is 41.3. The van der Waals surface area contributed by atoms with Gasteiger partial charge in [-0.1, -0.05) is 440 Å². The van der Waals surface area contributed by atoms with Crippen LogP contribution in [0.25, 0.3) is 0 Å². The number of nitrogens with zero attached hydrogens (tertiary/aromatic N) is 1. The summed E-state index contributed by atoms with van der Waals surface area (Å²) in [5.41, 5.74) is 7.99. The van der Waals surface area contributed by atoms with Crippen LogP contribution >= 0.6 is 0 Å². The van der Waals surface area contributed by atoms with E-state index in [4.69, 9.17) is 4.74 Å². The van der Waals surface area contributed by atoms with Crippen LogP contribution in [0.1, 0.15) is 425 Å². The van der Waals surface area contributed by atoms with Gasteiger partial charge in [0.05, 0.1) is 7.11 Å². The van der Waals surface area contributed by atoms with Crippen molar-refractivity contribution < 1.29 is 9.53 Å². The zero-order valence-electron chi connectivity index (χ0n) is 78.7. The third-order valence-corrected chi connectivity index (χ3v) is 14.2. The van der Waals surface area contributed by atoms with E-state index in [1.165, 1.54) is 113 Å². The topological polar surface area (TPSA) is 51.2 Å². The zero-order chi connectivity index (χ0) is 83.4. The highest BCUT2D eigenvalue weighted by molar-refractivity contribution is 5.81. The number of carbonyl (C=O) groups excluding carboxylic acids is 1. The highest BCUT2D eigenvalue weighted by Crippen LogP contribution is 2.34. The van der Waals surface area contributed by atoms with Gasteiger partial charge in [-0.15, -0.1) is 5.92 Å². The molecule has 4 nitrogen and oxygen atoms in total. The molecule has 1 N–H and O–H groups in total. The first-order chi connectivity index (χ1) is 47.0. The lowest BCUT2D eigenvalue weighted by molar-refractivity contribution is -0.128. The molecular weight excluding hydrogens is 1290 g/mol. The normalized spacial score (nSPS) is 12.0. The third-order valence-electron chi connectivity index (χ3n) is 14.2. The van der Waals surface area contributed by atoms with Crippen molar-refractivity contribution in [3.05, 3.63) is 132 Å². The quantitative estimate of drug-likeness (QED) is 0.170.